The Morgan fingerprint density at radius 1 is 0.750 bits per heavy atom. The smallest absolute Gasteiger partial charge is 0.351 e. The third kappa shape index (κ3) is 2.37. The number of esters is 1. The summed E-state index contributed by atoms with van der Waals surface area (Å²) in [6.45, 7) is 0. The molecular weight excluding hydrogens is 364 g/mol. The van der Waals surface area contributed by atoms with E-state index in [0.29, 0.717) is 5.56 Å². The average molecular weight is 376 g/mol. The summed E-state index contributed by atoms with van der Waals surface area (Å²) in [7, 11) is 1.29. The number of hydrogen-bond acceptors (Lipinski definition) is 7. The van der Waals surface area contributed by atoms with Gasteiger partial charge < -0.3 is 14.6 Å². The highest BCUT2D eigenvalue weighted by Crippen LogP contribution is 2.35. The second kappa shape index (κ2) is 6.31. The molecule has 7 heteroatoms. The van der Waals surface area contributed by atoms with Crippen molar-refractivity contribution in [2.24, 2.45) is 0 Å². The van der Waals surface area contributed by atoms with Crippen LogP contribution < -0.4 is 0 Å². The number of Topliss-reactive ketones (excluding diaryl/α,β-unsaturated/α-hetero) is 3. The monoisotopic (exact) mass is 376 g/mol. The molecule has 0 spiro atoms. The number of carbonyl (C=O) groups is 4. The Morgan fingerprint density at radius 3 is 1.82 bits per heavy atom. The number of ketones is 3. The third-order valence-electron chi connectivity index (χ3n) is 4.53. The fourth-order valence-corrected chi connectivity index (χ4v) is 3.23. The predicted octanol–water partition coefficient (Wildman–Crippen LogP) is 2.63. The van der Waals surface area contributed by atoms with Gasteiger partial charge in [-0.05, 0) is 0 Å². The average Bonchev–Trinajstić information content (AvgIpc) is 3.01. The molecule has 0 heterocycles. The number of methoxy groups -OCH3 is 1. The third-order valence-corrected chi connectivity index (χ3v) is 4.53. The fraction of sp³-hybridized carbons (Fsp3) is 0.0476. The summed E-state index contributed by atoms with van der Waals surface area (Å²) in [4.78, 5) is 50.2. The summed E-state index contributed by atoms with van der Waals surface area (Å²) < 4.78 is 10.2. The molecule has 0 bridgehead atoms. The van der Waals surface area contributed by atoms with Crippen molar-refractivity contribution >= 4 is 29.1 Å². The summed E-state index contributed by atoms with van der Waals surface area (Å²) in [6.07, 6.45) is 0. The van der Waals surface area contributed by atoms with Crippen molar-refractivity contribution < 1.29 is 33.8 Å². The van der Waals surface area contributed by atoms with E-state index in [1.165, 1.54) is 31.4 Å². The number of rotatable bonds is 3. The van der Waals surface area contributed by atoms with E-state index in [-0.39, 0.29) is 22.4 Å². The van der Waals surface area contributed by atoms with Crippen LogP contribution in [-0.4, -0.2) is 35.5 Å². The van der Waals surface area contributed by atoms with Gasteiger partial charge in [-0.2, -0.15) is 0 Å². The molecule has 0 atom stereocenters. The van der Waals surface area contributed by atoms with E-state index in [2.05, 4.69) is 0 Å². The first kappa shape index (κ1) is 17.4. The number of fused-ring (bicyclic) bond motifs is 2. The van der Waals surface area contributed by atoms with E-state index >= 15 is 0 Å². The molecule has 0 amide bonds. The zero-order chi connectivity index (χ0) is 20.0. The van der Waals surface area contributed by atoms with Crippen LogP contribution in [0.3, 0.4) is 0 Å². The van der Waals surface area contributed by atoms with Crippen LogP contribution in [0.4, 0.5) is 0 Å². The second-order valence-electron chi connectivity index (χ2n) is 6.05. The van der Waals surface area contributed by atoms with Crippen molar-refractivity contribution in [3.8, 4) is 0 Å². The number of ether oxygens (including phenoxy) is 2. The van der Waals surface area contributed by atoms with Crippen LogP contribution in [-0.2, 0) is 14.3 Å². The Morgan fingerprint density at radius 2 is 1.25 bits per heavy atom. The number of aliphatic hydroxyl groups is 1. The van der Waals surface area contributed by atoms with Crippen LogP contribution in [0.2, 0.25) is 0 Å². The zero-order valence-electron chi connectivity index (χ0n) is 14.5. The van der Waals surface area contributed by atoms with Crippen molar-refractivity contribution in [2.75, 3.05) is 7.11 Å². The molecule has 138 valence electrons. The van der Waals surface area contributed by atoms with Crippen LogP contribution in [0.25, 0.3) is 5.76 Å². The van der Waals surface area contributed by atoms with Crippen molar-refractivity contribution in [2.45, 2.75) is 0 Å². The molecule has 4 rings (SSSR count). The zero-order valence-corrected chi connectivity index (χ0v) is 14.5. The minimum absolute atomic E-state index is 0.000625. The van der Waals surface area contributed by atoms with Gasteiger partial charge in [-0.3, -0.25) is 14.4 Å². The Bertz CT molecular complexity index is 1150. The predicted molar refractivity (Wildman–Crippen MR) is 95.6 cm³/mol. The summed E-state index contributed by atoms with van der Waals surface area (Å²) in [6, 6.07) is 12.3. The normalized spacial score (nSPS) is 15.5. The quantitative estimate of drug-likeness (QED) is 0.648. The summed E-state index contributed by atoms with van der Waals surface area (Å²) in [5.74, 6) is -5.31. The van der Waals surface area contributed by atoms with E-state index in [1.807, 2.05) is 0 Å². The van der Waals surface area contributed by atoms with Crippen LogP contribution in [0.1, 0.15) is 36.6 Å². The van der Waals surface area contributed by atoms with Gasteiger partial charge in [0.2, 0.25) is 28.9 Å². The van der Waals surface area contributed by atoms with Gasteiger partial charge in [0.15, 0.2) is 5.57 Å². The Labute approximate surface area is 158 Å². The van der Waals surface area contributed by atoms with Crippen molar-refractivity contribution in [1.82, 2.24) is 0 Å². The van der Waals surface area contributed by atoms with E-state index in [4.69, 9.17) is 9.47 Å². The number of benzene rings is 2. The highest BCUT2D eigenvalue weighted by Gasteiger charge is 2.40. The molecule has 0 radical (unpaired) electrons. The molecule has 28 heavy (non-hydrogen) atoms. The van der Waals surface area contributed by atoms with Gasteiger partial charge in [-0.25, -0.2) is 4.79 Å². The molecule has 0 fully saturated rings. The first-order chi connectivity index (χ1) is 13.5. The van der Waals surface area contributed by atoms with Gasteiger partial charge in [-0.15, -0.1) is 0 Å². The van der Waals surface area contributed by atoms with Crippen LogP contribution in [0, 0.1) is 0 Å². The Kier molecular flexibility index (Phi) is 3.93. The summed E-state index contributed by atoms with van der Waals surface area (Å²) in [5, 5.41) is 10.1. The van der Waals surface area contributed by atoms with Crippen molar-refractivity contribution in [1.29, 1.82) is 0 Å². The lowest BCUT2D eigenvalue weighted by Gasteiger charge is -2.17. The minimum Gasteiger partial charge on any atom is -0.501 e. The number of aliphatic hydroxyl groups excluding tert-OH is 1. The molecule has 2 aliphatic carbocycles. The number of hydrogen-bond donors (Lipinski definition) is 1. The second-order valence-corrected chi connectivity index (χ2v) is 6.05. The molecule has 0 aromatic heterocycles. The summed E-state index contributed by atoms with van der Waals surface area (Å²) in [5.41, 5.74) is 0.251. The van der Waals surface area contributed by atoms with Crippen LogP contribution >= 0.6 is 0 Å². The molecular formula is C21H12O7. The Hall–Kier alpha value is -4.00. The fourth-order valence-electron chi connectivity index (χ4n) is 3.23. The molecule has 2 aliphatic rings. The first-order valence-corrected chi connectivity index (χ1v) is 8.22. The molecule has 1 N–H and O–H groups in total. The number of carbonyl (C=O) groups excluding carboxylic acids is 4. The maximum atomic E-state index is 12.7. The van der Waals surface area contributed by atoms with Gasteiger partial charge in [0.25, 0.3) is 0 Å². The molecule has 0 aliphatic heterocycles. The van der Waals surface area contributed by atoms with E-state index in [0.717, 1.165) is 0 Å². The summed E-state index contributed by atoms with van der Waals surface area (Å²) >= 11 is 0. The molecule has 0 saturated heterocycles. The lowest BCUT2D eigenvalue weighted by atomic mass is 9.92. The molecule has 0 unspecified atom stereocenters. The van der Waals surface area contributed by atoms with Gasteiger partial charge in [0.1, 0.15) is 5.76 Å². The van der Waals surface area contributed by atoms with E-state index in [1.54, 1.807) is 24.3 Å². The van der Waals surface area contributed by atoms with Gasteiger partial charge in [0, 0.05) is 22.3 Å². The van der Waals surface area contributed by atoms with Crippen LogP contribution in [0.15, 0.2) is 65.6 Å². The Balaban J connectivity index is 1.74. The minimum atomic E-state index is -1.19. The van der Waals surface area contributed by atoms with Gasteiger partial charge in [-0.1, -0.05) is 48.5 Å². The van der Waals surface area contributed by atoms with Crippen molar-refractivity contribution in [3.63, 3.8) is 0 Å². The highest BCUT2D eigenvalue weighted by atomic mass is 16.5. The topological polar surface area (TPSA) is 107 Å². The maximum Gasteiger partial charge on any atom is 0.351 e. The lowest BCUT2D eigenvalue weighted by molar-refractivity contribution is -0.134. The van der Waals surface area contributed by atoms with Gasteiger partial charge in [0.05, 0.1) is 7.11 Å². The number of allylic oxidation sites excluding steroid dienone is 2. The highest BCUT2D eigenvalue weighted by molar-refractivity contribution is 6.34. The molecule has 2 aromatic rings. The van der Waals surface area contributed by atoms with E-state index in [9.17, 15) is 24.3 Å². The molecule has 7 nitrogen and oxygen atoms in total. The van der Waals surface area contributed by atoms with Crippen molar-refractivity contribution in [3.05, 3.63) is 87.9 Å². The lowest BCUT2D eigenvalue weighted by Crippen LogP contribution is -2.26. The standard InChI is InChI=1S/C21H12O7/c1-27-19-13-9-5-4-8-12(13)15(22)14(19)21(26)28-20-17(24)11-7-3-2-6-10(11)16(23)18(20)25/h2-9,25H,1H3. The SMILES string of the molecule is COC1=C(C(=O)OC2=C(O)C(=O)c3ccccc3C2=O)C(=O)c2ccccc21. The largest absolute Gasteiger partial charge is 0.501 e. The van der Waals surface area contributed by atoms with Gasteiger partial charge >= 0.3 is 5.97 Å². The maximum absolute atomic E-state index is 12.7. The van der Waals surface area contributed by atoms with Crippen LogP contribution in [0.5, 0.6) is 0 Å². The van der Waals surface area contributed by atoms with E-state index < -0.39 is 40.4 Å². The molecule has 0 saturated carbocycles. The molecule has 2 aromatic carbocycles. The first-order valence-electron chi connectivity index (χ1n) is 8.22.